The molecule has 0 saturated carbocycles. The highest BCUT2D eigenvalue weighted by Gasteiger charge is 2.41. The summed E-state index contributed by atoms with van der Waals surface area (Å²) in [6.45, 7) is 1.27. The third-order valence-corrected chi connectivity index (χ3v) is 5.26. The molecule has 3 unspecified atom stereocenters. The van der Waals surface area contributed by atoms with Gasteiger partial charge in [-0.1, -0.05) is 42.5 Å². The Bertz CT molecular complexity index is 778. The Morgan fingerprint density at radius 3 is 2.70 bits per heavy atom. The van der Waals surface area contributed by atoms with Crippen molar-refractivity contribution in [2.75, 3.05) is 7.05 Å². The predicted molar refractivity (Wildman–Crippen MR) is 107 cm³/mol. The lowest BCUT2D eigenvalue weighted by molar-refractivity contribution is 0.0992. The maximum Gasteiger partial charge on any atom is 0.191 e. The number of hydrogen-bond acceptors (Lipinski definition) is 3. The Balaban J connectivity index is 1.28. The molecule has 2 heterocycles. The van der Waals surface area contributed by atoms with Gasteiger partial charge >= 0.3 is 0 Å². The zero-order chi connectivity index (χ0) is 18.5. The van der Waals surface area contributed by atoms with Gasteiger partial charge in [0.2, 0.25) is 0 Å². The molecule has 2 aliphatic heterocycles. The van der Waals surface area contributed by atoms with Gasteiger partial charge in [-0.05, 0) is 42.5 Å². The molecule has 2 bridgehead atoms. The van der Waals surface area contributed by atoms with Crippen LogP contribution in [0.25, 0.3) is 0 Å². The first-order valence-corrected chi connectivity index (χ1v) is 9.68. The molecule has 0 aromatic heterocycles. The Morgan fingerprint density at radius 1 is 1.11 bits per heavy atom. The zero-order valence-corrected chi connectivity index (χ0v) is 15.7. The number of nitrogens with one attached hydrogen (secondary N) is 2. The van der Waals surface area contributed by atoms with Gasteiger partial charge in [0, 0.05) is 13.6 Å². The van der Waals surface area contributed by atoms with Crippen LogP contribution in [0, 0.1) is 0 Å². The van der Waals surface area contributed by atoms with Crippen molar-refractivity contribution in [1.82, 2.24) is 10.6 Å². The third-order valence-electron chi connectivity index (χ3n) is 5.26. The predicted octanol–water partition coefficient (Wildman–Crippen LogP) is 3.25. The van der Waals surface area contributed by atoms with Crippen molar-refractivity contribution in [1.29, 1.82) is 0 Å². The van der Waals surface area contributed by atoms with Crippen LogP contribution in [0.5, 0.6) is 5.75 Å². The molecule has 27 heavy (non-hydrogen) atoms. The number of ether oxygens (including phenoxy) is 2. The molecular formula is C22H27N3O2. The van der Waals surface area contributed by atoms with E-state index in [1.807, 2.05) is 37.4 Å². The fourth-order valence-corrected chi connectivity index (χ4v) is 3.83. The van der Waals surface area contributed by atoms with Crippen LogP contribution in [0.15, 0.2) is 59.6 Å². The summed E-state index contributed by atoms with van der Waals surface area (Å²) in [6.07, 6.45) is 4.20. The average molecular weight is 365 g/mol. The largest absolute Gasteiger partial charge is 0.489 e. The zero-order valence-electron chi connectivity index (χ0n) is 15.7. The fourth-order valence-electron chi connectivity index (χ4n) is 3.83. The number of fused-ring (bicyclic) bond motifs is 2. The van der Waals surface area contributed by atoms with Crippen molar-refractivity contribution < 1.29 is 9.47 Å². The van der Waals surface area contributed by atoms with E-state index in [1.165, 1.54) is 12.0 Å². The second-order valence-corrected chi connectivity index (χ2v) is 7.21. The van der Waals surface area contributed by atoms with Crippen LogP contribution in [0.3, 0.4) is 0 Å². The van der Waals surface area contributed by atoms with Crippen LogP contribution in [0.4, 0.5) is 0 Å². The molecule has 2 saturated heterocycles. The van der Waals surface area contributed by atoms with E-state index in [2.05, 4.69) is 39.9 Å². The molecule has 0 radical (unpaired) electrons. The summed E-state index contributed by atoms with van der Waals surface area (Å²) in [6, 6.07) is 18.8. The minimum Gasteiger partial charge on any atom is -0.489 e. The summed E-state index contributed by atoms with van der Waals surface area (Å²) >= 11 is 0. The fraction of sp³-hybridized carbons (Fsp3) is 0.409. The molecule has 5 nitrogen and oxygen atoms in total. The van der Waals surface area contributed by atoms with Crippen molar-refractivity contribution >= 4 is 5.96 Å². The van der Waals surface area contributed by atoms with Crippen molar-refractivity contribution in [2.45, 2.75) is 50.7 Å². The minimum atomic E-state index is 0.336. The van der Waals surface area contributed by atoms with Gasteiger partial charge in [0.05, 0.1) is 18.2 Å². The number of aliphatic imine (C=N–C) groups is 1. The van der Waals surface area contributed by atoms with Crippen LogP contribution in [0.2, 0.25) is 0 Å². The summed E-state index contributed by atoms with van der Waals surface area (Å²) < 4.78 is 11.8. The molecule has 2 fully saturated rings. The molecule has 3 atom stereocenters. The number of nitrogens with zero attached hydrogens (tertiary/aromatic N) is 1. The van der Waals surface area contributed by atoms with E-state index in [4.69, 9.17) is 9.47 Å². The molecule has 0 spiro atoms. The van der Waals surface area contributed by atoms with Crippen LogP contribution in [-0.2, 0) is 17.9 Å². The van der Waals surface area contributed by atoms with Crippen molar-refractivity contribution in [2.24, 2.45) is 4.99 Å². The Hall–Kier alpha value is -2.53. The summed E-state index contributed by atoms with van der Waals surface area (Å²) in [5, 5.41) is 6.91. The van der Waals surface area contributed by atoms with Gasteiger partial charge in [0.15, 0.2) is 5.96 Å². The quantitative estimate of drug-likeness (QED) is 0.609. The molecule has 5 heteroatoms. The molecular weight excluding hydrogens is 338 g/mol. The Labute approximate surface area is 160 Å². The maximum absolute atomic E-state index is 5.92. The molecule has 4 rings (SSSR count). The minimum absolute atomic E-state index is 0.336. The lowest BCUT2D eigenvalue weighted by Crippen LogP contribution is -2.47. The van der Waals surface area contributed by atoms with Gasteiger partial charge in [-0.2, -0.15) is 0 Å². The van der Waals surface area contributed by atoms with Crippen LogP contribution >= 0.6 is 0 Å². The molecule has 0 amide bonds. The van der Waals surface area contributed by atoms with Crippen LogP contribution in [0.1, 0.15) is 30.4 Å². The number of hydrogen-bond donors (Lipinski definition) is 2. The molecule has 2 aromatic carbocycles. The lowest BCUT2D eigenvalue weighted by Gasteiger charge is -2.22. The highest BCUT2D eigenvalue weighted by molar-refractivity contribution is 5.80. The maximum atomic E-state index is 5.92. The summed E-state index contributed by atoms with van der Waals surface area (Å²) in [4.78, 5) is 4.36. The molecule has 2 aromatic rings. The summed E-state index contributed by atoms with van der Waals surface area (Å²) in [7, 11) is 1.81. The standard InChI is InChI=1S/C22H27N3O2/c1-23-22(25-20-13-19-10-11-21(20)27-19)24-14-17-8-5-9-18(12-17)26-15-16-6-3-2-4-7-16/h2-9,12,19-21H,10-11,13-15H2,1H3,(H2,23,24,25). The monoisotopic (exact) mass is 365 g/mol. The summed E-state index contributed by atoms with van der Waals surface area (Å²) in [5.74, 6) is 1.70. The van der Waals surface area contributed by atoms with E-state index in [0.29, 0.717) is 31.4 Å². The van der Waals surface area contributed by atoms with Crippen molar-refractivity contribution in [3.05, 3.63) is 65.7 Å². The molecule has 2 aliphatic rings. The average Bonchev–Trinajstić information content (AvgIpc) is 3.34. The number of benzene rings is 2. The summed E-state index contributed by atoms with van der Waals surface area (Å²) in [5.41, 5.74) is 2.33. The first-order chi connectivity index (χ1) is 13.3. The third kappa shape index (κ3) is 4.61. The second kappa shape index (κ2) is 8.44. The van der Waals surface area contributed by atoms with Gasteiger partial charge < -0.3 is 20.1 Å². The van der Waals surface area contributed by atoms with Gasteiger partial charge in [-0.3, -0.25) is 4.99 Å². The van der Waals surface area contributed by atoms with Gasteiger partial charge in [0.25, 0.3) is 0 Å². The molecule has 2 N–H and O–H groups in total. The van der Waals surface area contributed by atoms with Crippen LogP contribution < -0.4 is 15.4 Å². The van der Waals surface area contributed by atoms with E-state index >= 15 is 0 Å². The highest BCUT2D eigenvalue weighted by Crippen LogP contribution is 2.34. The SMILES string of the molecule is CN=C(NCc1cccc(OCc2ccccc2)c1)NC1CC2CCC1O2. The van der Waals surface area contributed by atoms with Gasteiger partial charge in [-0.25, -0.2) is 0 Å². The van der Waals surface area contributed by atoms with Crippen molar-refractivity contribution in [3.63, 3.8) is 0 Å². The van der Waals surface area contributed by atoms with E-state index in [0.717, 1.165) is 30.1 Å². The second-order valence-electron chi connectivity index (χ2n) is 7.21. The van der Waals surface area contributed by atoms with E-state index in [9.17, 15) is 0 Å². The van der Waals surface area contributed by atoms with Crippen molar-refractivity contribution in [3.8, 4) is 5.75 Å². The number of rotatable bonds is 6. The highest BCUT2D eigenvalue weighted by atomic mass is 16.5. The topological polar surface area (TPSA) is 54.9 Å². The molecule has 142 valence electrons. The normalized spacial score (nSPS) is 24.0. The smallest absolute Gasteiger partial charge is 0.191 e. The molecule has 0 aliphatic carbocycles. The lowest BCUT2D eigenvalue weighted by atomic mass is 9.96. The first-order valence-electron chi connectivity index (χ1n) is 9.68. The van der Waals surface area contributed by atoms with E-state index in [-0.39, 0.29) is 0 Å². The van der Waals surface area contributed by atoms with E-state index < -0.39 is 0 Å². The van der Waals surface area contributed by atoms with Gasteiger partial charge in [-0.15, -0.1) is 0 Å². The Morgan fingerprint density at radius 2 is 1.96 bits per heavy atom. The Kier molecular flexibility index (Phi) is 5.58. The van der Waals surface area contributed by atoms with Gasteiger partial charge in [0.1, 0.15) is 12.4 Å². The first kappa shape index (κ1) is 17.9. The number of guanidine groups is 1. The van der Waals surface area contributed by atoms with Crippen LogP contribution in [-0.4, -0.2) is 31.3 Å². The van der Waals surface area contributed by atoms with E-state index in [1.54, 1.807) is 0 Å².